The van der Waals surface area contributed by atoms with Crippen molar-refractivity contribution in [3.63, 3.8) is 0 Å². The van der Waals surface area contributed by atoms with Crippen LogP contribution in [0.2, 0.25) is 0 Å². The largest absolute Gasteiger partial charge is 0.466 e. The number of methoxy groups -OCH3 is 2. The van der Waals surface area contributed by atoms with Crippen LogP contribution in [0.25, 0.3) is 10.4 Å². The highest BCUT2D eigenvalue weighted by molar-refractivity contribution is 5.90. The van der Waals surface area contributed by atoms with Gasteiger partial charge >= 0.3 is 11.9 Å². The molecule has 0 aromatic heterocycles. The van der Waals surface area contributed by atoms with Crippen LogP contribution in [-0.4, -0.2) is 51.0 Å². The second kappa shape index (κ2) is 7.20. The predicted octanol–water partition coefficient (Wildman–Crippen LogP) is 1.45. The molecule has 2 unspecified atom stereocenters. The number of nitrogens with one attached hydrogen (secondary N) is 1. The molecule has 1 N–H and O–H groups in total. The highest BCUT2D eigenvalue weighted by Gasteiger charge is 2.48. The van der Waals surface area contributed by atoms with Crippen molar-refractivity contribution in [1.82, 2.24) is 5.32 Å². The monoisotopic (exact) mass is 333 g/mol. The molecule has 0 saturated carbocycles. The van der Waals surface area contributed by atoms with E-state index in [-0.39, 0.29) is 12.6 Å². The van der Waals surface area contributed by atoms with Crippen LogP contribution in [0.1, 0.15) is 17.3 Å². The number of ether oxygens (including phenoxy) is 2. The fraction of sp³-hybridized carbons (Fsp3) is 0.467. The Hall–Kier alpha value is -2.77. The third kappa shape index (κ3) is 3.27. The van der Waals surface area contributed by atoms with E-state index in [4.69, 9.17) is 10.3 Å². The molecular weight excluding hydrogens is 314 g/mol. The van der Waals surface area contributed by atoms with Crippen LogP contribution in [0.5, 0.6) is 0 Å². The lowest BCUT2D eigenvalue weighted by molar-refractivity contribution is -0.147. The third-order valence-corrected chi connectivity index (χ3v) is 3.98. The van der Waals surface area contributed by atoms with Crippen molar-refractivity contribution in [2.75, 3.05) is 32.2 Å². The maximum Gasteiger partial charge on any atom is 0.346 e. The van der Waals surface area contributed by atoms with Gasteiger partial charge in [0.05, 0.1) is 19.8 Å². The van der Waals surface area contributed by atoms with Gasteiger partial charge in [0.1, 0.15) is 0 Å². The molecule has 1 aromatic rings. The van der Waals surface area contributed by atoms with Gasteiger partial charge < -0.3 is 14.4 Å². The molecule has 128 valence electrons. The molecule has 0 bridgehead atoms. The van der Waals surface area contributed by atoms with Gasteiger partial charge in [0.25, 0.3) is 0 Å². The predicted molar refractivity (Wildman–Crippen MR) is 86.5 cm³/mol. The Kier molecular flexibility index (Phi) is 5.28. The van der Waals surface area contributed by atoms with Crippen molar-refractivity contribution < 1.29 is 19.1 Å². The van der Waals surface area contributed by atoms with Gasteiger partial charge in [-0.3, -0.25) is 5.32 Å². The number of carbonyl (C=O) groups is 2. The summed E-state index contributed by atoms with van der Waals surface area (Å²) in [5.74, 6) is -0.888. The molecule has 0 aliphatic carbocycles. The van der Waals surface area contributed by atoms with E-state index in [1.807, 2.05) is 4.90 Å². The van der Waals surface area contributed by atoms with Crippen molar-refractivity contribution in [3.8, 4) is 0 Å². The molecule has 0 amide bonds. The first kappa shape index (κ1) is 17.6. The Bertz CT molecular complexity index is 671. The zero-order chi connectivity index (χ0) is 17.7. The molecule has 9 nitrogen and oxygen atoms in total. The van der Waals surface area contributed by atoms with Crippen LogP contribution in [0.3, 0.4) is 0 Å². The van der Waals surface area contributed by atoms with Gasteiger partial charge in [0.2, 0.25) is 0 Å². The number of azide groups is 1. The van der Waals surface area contributed by atoms with Crippen molar-refractivity contribution >= 4 is 17.6 Å². The molecule has 9 heteroatoms. The number of hydrogen-bond acceptors (Lipinski definition) is 7. The summed E-state index contributed by atoms with van der Waals surface area (Å²) in [5.41, 5.74) is 8.53. The van der Waals surface area contributed by atoms with Gasteiger partial charge in [0.15, 0.2) is 5.66 Å². The third-order valence-electron chi connectivity index (χ3n) is 3.98. The Morgan fingerprint density at radius 3 is 2.58 bits per heavy atom. The number of hydrogen-bond donors (Lipinski definition) is 1. The second-order valence-corrected chi connectivity index (χ2v) is 5.47. The number of benzene rings is 1. The number of nitrogens with zero attached hydrogens (tertiary/aromatic N) is 4. The number of anilines is 1. The number of carbonyl (C=O) groups excluding carboxylic acids is 2. The molecule has 0 spiro atoms. The van der Waals surface area contributed by atoms with Gasteiger partial charge in [-0.2, -0.15) is 0 Å². The lowest BCUT2D eigenvalue weighted by Crippen LogP contribution is -2.57. The van der Waals surface area contributed by atoms with Gasteiger partial charge in [0, 0.05) is 29.7 Å². The first-order valence-electron chi connectivity index (χ1n) is 7.29. The van der Waals surface area contributed by atoms with Crippen molar-refractivity contribution in [2.45, 2.75) is 18.6 Å². The Morgan fingerprint density at radius 1 is 1.38 bits per heavy atom. The summed E-state index contributed by atoms with van der Waals surface area (Å²) >= 11 is 0. The topological polar surface area (TPSA) is 117 Å². The molecule has 1 aromatic carbocycles. The van der Waals surface area contributed by atoms with Crippen LogP contribution in [0.4, 0.5) is 5.69 Å². The Balaban J connectivity index is 2.31. The first-order chi connectivity index (χ1) is 11.5. The quantitative estimate of drug-likeness (QED) is 0.377. The fourth-order valence-corrected chi connectivity index (χ4v) is 2.79. The summed E-state index contributed by atoms with van der Waals surface area (Å²) in [4.78, 5) is 28.4. The molecule has 1 aliphatic heterocycles. The number of esters is 2. The van der Waals surface area contributed by atoms with Crippen molar-refractivity contribution in [1.29, 1.82) is 0 Å². The smallest absolute Gasteiger partial charge is 0.346 e. The minimum absolute atomic E-state index is 0.203. The van der Waals surface area contributed by atoms with Crippen LogP contribution < -0.4 is 10.2 Å². The zero-order valence-electron chi connectivity index (χ0n) is 13.7. The van der Waals surface area contributed by atoms with E-state index in [0.717, 1.165) is 5.69 Å². The molecule has 1 fully saturated rings. The zero-order valence-corrected chi connectivity index (χ0v) is 13.7. The summed E-state index contributed by atoms with van der Waals surface area (Å²) in [6.07, 6.45) is 0. The lowest BCUT2D eigenvalue weighted by atomic mass is 10.1. The molecule has 0 radical (unpaired) electrons. The summed E-state index contributed by atoms with van der Waals surface area (Å²) in [6.45, 7) is 2.35. The van der Waals surface area contributed by atoms with Gasteiger partial charge in [-0.25, -0.2) is 9.59 Å². The summed E-state index contributed by atoms with van der Waals surface area (Å²) in [6, 6.07) is 6.50. The molecule has 1 aliphatic rings. The maximum absolute atomic E-state index is 12.3. The van der Waals surface area contributed by atoms with Gasteiger partial charge in [-0.1, -0.05) is 5.11 Å². The van der Waals surface area contributed by atoms with Gasteiger partial charge in [-0.15, -0.1) is 0 Å². The van der Waals surface area contributed by atoms with Crippen LogP contribution in [0.15, 0.2) is 29.4 Å². The van der Waals surface area contributed by atoms with E-state index in [1.54, 1.807) is 31.2 Å². The second-order valence-electron chi connectivity index (χ2n) is 5.47. The summed E-state index contributed by atoms with van der Waals surface area (Å²) in [5, 5.41) is 6.70. The Labute approximate surface area is 139 Å². The molecule has 1 saturated heterocycles. The fourth-order valence-electron chi connectivity index (χ4n) is 2.79. The average Bonchev–Trinajstić information content (AvgIpc) is 2.96. The lowest BCUT2D eigenvalue weighted by Gasteiger charge is -2.33. The summed E-state index contributed by atoms with van der Waals surface area (Å²) < 4.78 is 9.57. The van der Waals surface area contributed by atoms with Crippen LogP contribution in [0, 0.1) is 0 Å². The molecule has 2 atom stereocenters. The first-order valence-corrected chi connectivity index (χ1v) is 7.29. The van der Waals surface area contributed by atoms with E-state index in [9.17, 15) is 9.59 Å². The normalized spacial score (nSPS) is 22.6. The van der Waals surface area contributed by atoms with E-state index in [1.165, 1.54) is 14.2 Å². The van der Waals surface area contributed by atoms with E-state index in [0.29, 0.717) is 12.1 Å². The molecule has 2 rings (SSSR count). The standard InChI is InChI=1S/C15H19N5O4/c1-15(14(22)24-3)18-11(8-17-19-16)9-20(15)12-6-4-10(5-7-12)13(21)23-2/h4-7,11,18H,8-9H2,1-3H3. The molecule has 24 heavy (non-hydrogen) atoms. The van der Waals surface area contributed by atoms with Gasteiger partial charge in [-0.05, 0) is 36.7 Å². The molecular formula is C15H19N5O4. The van der Waals surface area contributed by atoms with Crippen LogP contribution in [-0.2, 0) is 14.3 Å². The average molecular weight is 333 g/mol. The minimum Gasteiger partial charge on any atom is -0.466 e. The van der Waals surface area contributed by atoms with E-state index in [2.05, 4.69) is 20.1 Å². The van der Waals surface area contributed by atoms with Crippen molar-refractivity contribution in [2.24, 2.45) is 5.11 Å². The Morgan fingerprint density at radius 2 is 2.04 bits per heavy atom. The number of rotatable bonds is 5. The molecule has 1 heterocycles. The van der Waals surface area contributed by atoms with E-state index >= 15 is 0 Å². The van der Waals surface area contributed by atoms with Crippen molar-refractivity contribution in [3.05, 3.63) is 40.3 Å². The minimum atomic E-state index is -1.10. The highest BCUT2D eigenvalue weighted by Crippen LogP contribution is 2.29. The van der Waals surface area contributed by atoms with E-state index < -0.39 is 17.6 Å². The highest BCUT2D eigenvalue weighted by atomic mass is 16.5. The maximum atomic E-state index is 12.3. The SMILES string of the molecule is COC(=O)c1ccc(N2CC(CN=[N+]=[N-])NC2(C)C(=O)OC)cc1. The van der Waals surface area contributed by atoms with Crippen LogP contribution >= 0.6 is 0 Å². The summed E-state index contributed by atoms with van der Waals surface area (Å²) in [7, 11) is 2.63.